The van der Waals surface area contributed by atoms with E-state index < -0.39 is 0 Å². The van der Waals surface area contributed by atoms with Gasteiger partial charge in [0.1, 0.15) is 5.75 Å². The van der Waals surface area contributed by atoms with Crippen LogP contribution in [0.5, 0.6) is 5.75 Å². The minimum atomic E-state index is 0.263. The minimum absolute atomic E-state index is 0.263. The van der Waals surface area contributed by atoms with E-state index >= 15 is 0 Å². The van der Waals surface area contributed by atoms with Crippen LogP contribution in [0.4, 0.5) is 5.69 Å². The Labute approximate surface area is 141 Å². The smallest absolute Gasteiger partial charge is 0.253 e. The van der Waals surface area contributed by atoms with E-state index in [1.54, 1.807) is 0 Å². The maximum Gasteiger partial charge on any atom is 0.253 e. The van der Waals surface area contributed by atoms with Gasteiger partial charge in [0.2, 0.25) is 5.89 Å². The van der Waals surface area contributed by atoms with E-state index in [0.717, 1.165) is 11.4 Å². The third kappa shape index (κ3) is 3.93. The highest BCUT2D eigenvalue weighted by atomic mass is 16.5. The molecule has 0 aliphatic carbocycles. The van der Waals surface area contributed by atoms with Gasteiger partial charge in [-0.25, -0.2) is 0 Å². The Morgan fingerprint density at radius 1 is 0.958 bits per heavy atom. The van der Waals surface area contributed by atoms with Crippen molar-refractivity contribution in [3.05, 3.63) is 70.9 Å². The van der Waals surface area contributed by atoms with Crippen LogP contribution in [-0.4, -0.2) is 10.2 Å². The van der Waals surface area contributed by atoms with Gasteiger partial charge in [-0.15, -0.1) is 10.2 Å². The normalized spacial score (nSPS) is 10.6. The van der Waals surface area contributed by atoms with Crippen LogP contribution >= 0.6 is 0 Å². The SMILES string of the molecule is Cc1cc(C)c(NCc2nnc(COc3ccccc3)o2)c(C)c1. The van der Waals surface area contributed by atoms with Crippen LogP contribution in [0.1, 0.15) is 28.5 Å². The zero-order valence-electron chi connectivity index (χ0n) is 14.2. The van der Waals surface area contributed by atoms with E-state index in [2.05, 4.69) is 48.4 Å². The van der Waals surface area contributed by atoms with Gasteiger partial charge in [-0.2, -0.15) is 0 Å². The average molecular weight is 323 g/mol. The molecule has 0 atom stereocenters. The fourth-order valence-corrected chi connectivity index (χ4v) is 2.70. The Morgan fingerprint density at radius 2 is 1.62 bits per heavy atom. The van der Waals surface area contributed by atoms with Gasteiger partial charge < -0.3 is 14.5 Å². The number of rotatable bonds is 6. The Balaban J connectivity index is 1.58. The lowest BCUT2D eigenvalue weighted by molar-refractivity contribution is 0.259. The lowest BCUT2D eigenvalue weighted by Gasteiger charge is -2.12. The molecule has 3 rings (SSSR count). The third-order valence-corrected chi connectivity index (χ3v) is 3.71. The molecule has 0 saturated heterocycles. The molecule has 3 aromatic rings. The van der Waals surface area contributed by atoms with Gasteiger partial charge in [0, 0.05) is 5.69 Å². The van der Waals surface area contributed by atoms with E-state index in [1.165, 1.54) is 16.7 Å². The van der Waals surface area contributed by atoms with Crippen LogP contribution in [0.15, 0.2) is 46.9 Å². The molecule has 1 N–H and O–H groups in total. The topological polar surface area (TPSA) is 60.2 Å². The second kappa shape index (κ2) is 7.17. The molecular formula is C19H21N3O2. The highest BCUT2D eigenvalue weighted by molar-refractivity contribution is 5.58. The van der Waals surface area contributed by atoms with Gasteiger partial charge in [0.25, 0.3) is 5.89 Å². The molecule has 2 aromatic carbocycles. The summed E-state index contributed by atoms with van der Waals surface area (Å²) in [4.78, 5) is 0. The maximum absolute atomic E-state index is 5.62. The van der Waals surface area contributed by atoms with Crippen molar-refractivity contribution in [2.75, 3.05) is 5.32 Å². The van der Waals surface area contributed by atoms with Crippen molar-refractivity contribution in [3.63, 3.8) is 0 Å². The van der Waals surface area contributed by atoms with Crippen molar-refractivity contribution >= 4 is 5.69 Å². The number of benzene rings is 2. The van der Waals surface area contributed by atoms with E-state index in [0.29, 0.717) is 18.3 Å². The lowest BCUT2D eigenvalue weighted by Crippen LogP contribution is -2.03. The number of nitrogens with one attached hydrogen (secondary N) is 1. The van der Waals surface area contributed by atoms with Crippen LogP contribution in [0, 0.1) is 20.8 Å². The Hall–Kier alpha value is -2.82. The van der Waals surface area contributed by atoms with E-state index in [4.69, 9.17) is 9.15 Å². The quantitative estimate of drug-likeness (QED) is 0.737. The molecule has 0 fully saturated rings. The molecule has 0 saturated carbocycles. The summed E-state index contributed by atoms with van der Waals surface area (Å²) in [6.45, 7) is 7.04. The van der Waals surface area contributed by atoms with Gasteiger partial charge in [-0.05, 0) is 44.0 Å². The Bertz CT molecular complexity index is 789. The molecule has 0 bridgehead atoms. The van der Waals surface area contributed by atoms with Crippen LogP contribution in [0.25, 0.3) is 0 Å². The molecule has 124 valence electrons. The number of hydrogen-bond donors (Lipinski definition) is 1. The Morgan fingerprint density at radius 3 is 2.33 bits per heavy atom. The number of hydrogen-bond acceptors (Lipinski definition) is 5. The summed E-state index contributed by atoms with van der Waals surface area (Å²) in [6.07, 6.45) is 0. The Kier molecular flexibility index (Phi) is 4.79. The van der Waals surface area contributed by atoms with Crippen molar-refractivity contribution in [2.24, 2.45) is 0 Å². The first-order valence-electron chi connectivity index (χ1n) is 7.92. The van der Waals surface area contributed by atoms with Crippen molar-refractivity contribution in [3.8, 4) is 5.75 Å². The van der Waals surface area contributed by atoms with Crippen LogP contribution in [0.3, 0.4) is 0 Å². The van der Waals surface area contributed by atoms with Crippen LogP contribution < -0.4 is 10.1 Å². The molecule has 0 aliphatic rings. The first kappa shape index (κ1) is 16.1. The van der Waals surface area contributed by atoms with Gasteiger partial charge in [0.05, 0.1) is 6.54 Å². The van der Waals surface area contributed by atoms with Crippen molar-refractivity contribution < 1.29 is 9.15 Å². The second-order valence-electron chi connectivity index (χ2n) is 5.82. The molecule has 0 amide bonds. The molecule has 0 radical (unpaired) electrons. The minimum Gasteiger partial charge on any atom is -0.484 e. The lowest BCUT2D eigenvalue weighted by atomic mass is 10.1. The average Bonchev–Trinajstić information content (AvgIpc) is 3.01. The standard InChI is InChI=1S/C19H21N3O2/c1-13-9-14(2)19(15(3)10-13)20-11-17-21-22-18(24-17)12-23-16-7-5-4-6-8-16/h4-10,20H,11-12H2,1-3H3. The predicted octanol–water partition coefficient (Wildman–Crippen LogP) is 4.19. The highest BCUT2D eigenvalue weighted by Gasteiger charge is 2.09. The molecule has 0 unspecified atom stereocenters. The summed E-state index contributed by atoms with van der Waals surface area (Å²) in [5.41, 5.74) is 4.79. The number of aromatic nitrogens is 2. The highest BCUT2D eigenvalue weighted by Crippen LogP contribution is 2.22. The number of nitrogens with zero attached hydrogens (tertiary/aromatic N) is 2. The molecule has 1 aromatic heterocycles. The van der Waals surface area contributed by atoms with Crippen molar-refractivity contribution in [2.45, 2.75) is 33.9 Å². The summed E-state index contributed by atoms with van der Waals surface area (Å²) < 4.78 is 11.2. The molecule has 5 nitrogen and oxygen atoms in total. The van der Waals surface area contributed by atoms with E-state index in [-0.39, 0.29) is 6.61 Å². The van der Waals surface area contributed by atoms with Gasteiger partial charge in [0.15, 0.2) is 6.61 Å². The van der Waals surface area contributed by atoms with Crippen molar-refractivity contribution in [1.29, 1.82) is 0 Å². The summed E-state index contributed by atoms with van der Waals surface area (Å²) in [6, 6.07) is 13.9. The molecule has 5 heteroatoms. The fourth-order valence-electron chi connectivity index (χ4n) is 2.70. The van der Waals surface area contributed by atoms with Gasteiger partial charge in [-0.1, -0.05) is 35.9 Å². The number of para-hydroxylation sites is 1. The van der Waals surface area contributed by atoms with E-state index in [1.807, 2.05) is 30.3 Å². The molecule has 0 aliphatic heterocycles. The van der Waals surface area contributed by atoms with Gasteiger partial charge in [-0.3, -0.25) is 0 Å². The summed E-state index contributed by atoms with van der Waals surface area (Å²) in [5, 5.41) is 11.5. The zero-order valence-corrected chi connectivity index (χ0v) is 14.2. The number of ether oxygens (including phenoxy) is 1. The first-order valence-corrected chi connectivity index (χ1v) is 7.92. The number of anilines is 1. The first-order chi connectivity index (χ1) is 11.6. The summed E-state index contributed by atoms with van der Waals surface area (Å²) in [5.74, 6) is 1.79. The maximum atomic E-state index is 5.62. The monoisotopic (exact) mass is 323 g/mol. The fraction of sp³-hybridized carbons (Fsp3) is 0.263. The third-order valence-electron chi connectivity index (χ3n) is 3.71. The molecule has 24 heavy (non-hydrogen) atoms. The van der Waals surface area contributed by atoms with Crippen LogP contribution in [-0.2, 0) is 13.2 Å². The van der Waals surface area contributed by atoms with Crippen molar-refractivity contribution in [1.82, 2.24) is 10.2 Å². The molecular weight excluding hydrogens is 302 g/mol. The number of aryl methyl sites for hydroxylation is 3. The summed E-state index contributed by atoms with van der Waals surface area (Å²) in [7, 11) is 0. The van der Waals surface area contributed by atoms with E-state index in [9.17, 15) is 0 Å². The van der Waals surface area contributed by atoms with Crippen LogP contribution in [0.2, 0.25) is 0 Å². The molecule has 1 heterocycles. The predicted molar refractivity (Wildman–Crippen MR) is 93.1 cm³/mol. The van der Waals surface area contributed by atoms with Gasteiger partial charge >= 0.3 is 0 Å². The second-order valence-corrected chi connectivity index (χ2v) is 5.82. The largest absolute Gasteiger partial charge is 0.484 e. The molecule has 0 spiro atoms. The summed E-state index contributed by atoms with van der Waals surface area (Å²) >= 11 is 0. The zero-order chi connectivity index (χ0) is 16.9.